The highest BCUT2D eigenvalue weighted by Crippen LogP contribution is 2.28. The van der Waals surface area contributed by atoms with Crippen LogP contribution in [0.5, 0.6) is 0 Å². The van der Waals surface area contributed by atoms with Crippen LogP contribution in [0.15, 0.2) is 6.20 Å². The van der Waals surface area contributed by atoms with Gasteiger partial charge in [0.05, 0.1) is 0 Å². The van der Waals surface area contributed by atoms with Gasteiger partial charge in [0, 0.05) is 63.1 Å². The summed E-state index contributed by atoms with van der Waals surface area (Å²) < 4.78 is 7.84. The normalized spacial score (nSPS) is 19.6. The summed E-state index contributed by atoms with van der Waals surface area (Å²) in [5.74, 6) is 2.74. The minimum absolute atomic E-state index is 0.0759. The average molecular weight is 334 g/mol. The molecule has 3 heterocycles. The molecular formula is C18H30N4O2. The number of urea groups is 1. The molecule has 24 heavy (non-hydrogen) atoms. The van der Waals surface area contributed by atoms with Crippen molar-refractivity contribution in [2.75, 3.05) is 32.8 Å². The molecule has 2 fully saturated rings. The highest BCUT2D eigenvalue weighted by Gasteiger charge is 2.32. The molecule has 1 aromatic rings. The molecule has 2 saturated heterocycles. The van der Waals surface area contributed by atoms with Crippen molar-refractivity contribution in [1.82, 2.24) is 19.8 Å². The van der Waals surface area contributed by atoms with E-state index >= 15 is 0 Å². The first kappa shape index (κ1) is 17.3. The lowest BCUT2D eigenvalue weighted by Gasteiger charge is -2.40. The van der Waals surface area contributed by atoms with Gasteiger partial charge in [-0.05, 0) is 25.7 Å². The molecular weight excluding hydrogens is 304 g/mol. The number of imidazole rings is 1. The summed E-state index contributed by atoms with van der Waals surface area (Å²) in [6.07, 6.45) is 4.10. The minimum atomic E-state index is 0.0759. The van der Waals surface area contributed by atoms with E-state index in [2.05, 4.69) is 35.6 Å². The number of likely N-dealkylation sites (tertiary alicyclic amines) is 1. The Balaban J connectivity index is 1.53. The molecule has 6 nitrogen and oxygen atoms in total. The van der Waals surface area contributed by atoms with E-state index in [9.17, 15) is 4.79 Å². The average Bonchev–Trinajstić information content (AvgIpc) is 2.90. The van der Waals surface area contributed by atoms with Crippen molar-refractivity contribution in [3.63, 3.8) is 0 Å². The summed E-state index contributed by atoms with van der Waals surface area (Å²) in [6, 6.07) is 0.0759. The van der Waals surface area contributed by atoms with Crippen LogP contribution >= 0.6 is 0 Å². The Morgan fingerprint density at radius 1 is 1.38 bits per heavy atom. The van der Waals surface area contributed by atoms with Crippen LogP contribution in [0.1, 0.15) is 44.1 Å². The van der Waals surface area contributed by atoms with Crippen molar-refractivity contribution in [2.45, 2.75) is 46.1 Å². The first-order valence-corrected chi connectivity index (χ1v) is 9.17. The van der Waals surface area contributed by atoms with Gasteiger partial charge in [0.2, 0.25) is 0 Å². The van der Waals surface area contributed by atoms with Gasteiger partial charge in [-0.2, -0.15) is 0 Å². The van der Waals surface area contributed by atoms with Gasteiger partial charge in [-0.1, -0.05) is 13.8 Å². The summed E-state index contributed by atoms with van der Waals surface area (Å²) in [7, 11) is 0. The summed E-state index contributed by atoms with van der Waals surface area (Å²) in [6.45, 7) is 11.4. The van der Waals surface area contributed by atoms with Crippen LogP contribution in [0.4, 0.5) is 4.79 Å². The Hall–Kier alpha value is -1.56. The number of ether oxygens (including phenoxy) is 1. The van der Waals surface area contributed by atoms with E-state index < -0.39 is 0 Å². The molecule has 6 heteroatoms. The van der Waals surface area contributed by atoms with E-state index in [1.165, 1.54) is 11.5 Å². The molecule has 0 spiro atoms. The van der Waals surface area contributed by atoms with Crippen LogP contribution in [0.3, 0.4) is 0 Å². The summed E-state index contributed by atoms with van der Waals surface area (Å²) in [4.78, 5) is 18.6. The Labute approximate surface area is 144 Å². The van der Waals surface area contributed by atoms with Gasteiger partial charge < -0.3 is 19.5 Å². The fourth-order valence-corrected chi connectivity index (χ4v) is 3.51. The fourth-order valence-electron chi connectivity index (χ4n) is 3.51. The molecule has 0 unspecified atom stereocenters. The van der Waals surface area contributed by atoms with Crippen molar-refractivity contribution in [1.29, 1.82) is 0 Å². The molecule has 134 valence electrons. The molecule has 2 aliphatic rings. The maximum atomic E-state index is 12.0. The number of nitrogens with one attached hydrogen (secondary N) is 1. The zero-order chi connectivity index (χ0) is 17.1. The predicted octanol–water partition coefficient (Wildman–Crippen LogP) is 2.38. The second-order valence-electron chi connectivity index (χ2n) is 7.61. The number of carbonyl (C=O) groups excluding carboxylic acids is 1. The molecule has 0 saturated carbocycles. The van der Waals surface area contributed by atoms with Gasteiger partial charge in [0.15, 0.2) is 0 Å². The third-order valence-corrected chi connectivity index (χ3v) is 5.02. The largest absolute Gasteiger partial charge is 0.381 e. The third-order valence-electron chi connectivity index (χ3n) is 5.02. The standard InChI is InChI=1S/C18H30N4O2/c1-13(2)8-20-18(23)21-10-15(11-21)12-22-14(3)9-19-17(22)16-4-6-24-7-5-16/h9,13,15-16H,4-8,10-12H2,1-3H3,(H,20,23). The third kappa shape index (κ3) is 3.91. The Morgan fingerprint density at radius 2 is 2.08 bits per heavy atom. The topological polar surface area (TPSA) is 59.4 Å². The molecule has 0 aliphatic carbocycles. The number of amides is 2. The van der Waals surface area contributed by atoms with E-state index in [0.717, 1.165) is 52.2 Å². The molecule has 3 rings (SSSR count). The van der Waals surface area contributed by atoms with Gasteiger partial charge in [0.25, 0.3) is 0 Å². The lowest BCUT2D eigenvalue weighted by molar-refractivity contribution is 0.0807. The molecule has 2 amide bonds. The molecule has 1 aromatic heterocycles. The van der Waals surface area contributed by atoms with E-state index in [-0.39, 0.29) is 6.03 Å². The van der Waals surface area contributed by atoms with Crippen molar-refractivity contribution < 1.29 is 9.53 Å². The van der Waals surface area contributed by atoms with Crippen molar-refractivity contribution in [3.8, 4) is 0 Å². The van der Waals surface area contributed by atoms with Crippen LogP contribution in [0.2, 0.25) is 0 Å². The van der Waals surface area contributed by atoms with Gasteiger partial charge in [-0.25, -0.2) is 9.78 Å². The number of nitrogens with zero attached hydrogens (tertiary/aromatic N) is 3. The molecule has 0 aromatic carbocycles. The molecule has 1 N–H and O–H groups in total. The maximum Gasteiger partial charge on any atom is 0.317 e. The maximum absolute atomic E-state index is 12.0. The van der Waals surface area contributed by atoms with Crippen molar-refractivity contribution in [3.05, 3.63) is 17.7 Å². The number of aryl methyl sites for hydroxylation is 1. The predicted molar refractivity (Wildman–Crippen MR) is 93.1 cm³/mol. The summed E-state index contributed by atoms with van der Waals surface area (Å²) >= 11 is 0. The van der Waals surface area contributed by atoms with E-state index in [4.69, 9.17) is 4.74 Å². The van der Waals surface area contributed by atoms with Crippen LogP contribution in [-0.2, 0) is 11.3 Å². The Kier molecular flexibility index (Phi) is 5.43. The molecule has 0 bridgehead atoms. The zero-order valence-electron chi connectivity index (χ0n) is 15.1. The van der Waals surface area contributed by atoms with Crippen molar-refractivity contribution >= 4 is 6.03 Å². The second kappa shape index (κ2) is 7.55. The Morgan fingerprint density at radius 3 is 2.75 bits per heavy atom. The highest BCUT2D eigenvalue weighted by molar-refractivity contribution is 5.75. The van der Waals surface area contributed by atoms with Crippen LogP contribution in [-0.4, -0.2) is 53.3 Å². The fraction of sp³-hybridized carbons (Fsp3) is 0.778. The first-order chi connectivity index (χ1) is 11.5. The number of rotatable bonds is 5. The molecule has 0 atom stereocenters. The van der Waals surface area contributed by atoms with E-state index in [0.29, 0.717) is 17.8 Å². The summed E-state index contributed by atoms with van der Waals surface area (Å²) in [5.41, 5.74) is 1.22. The SMILES string of the molecule is Cc1cnc(C2CCOCC2)n1CC1CN(C(=O)NCC(C)C)C1. The van der Waals surface area contributed by atoms with Crippen LogP contribution < -0.4 is 5.32 Å². The number of hydrogen-bond donors (Lipinski definition) is 1. The smallest absolute Gasteiger partial charge is 0.317 e. The van der Waals surface area contributed by atoms with Gasteiger partial charge >= 0.3 is 6.03 Å². The van der Waals surface area contributed by atoms with Gasteiger partial charge in [0.1, 0.15) is 5.82 Å². The summed E-state index contributed by atoms with van der Waals surface area (Å²) in [5, 5.41) is 2.99. The zero-order valence-corrected chi connectivity index (χ0v) is 15.1. The number of carbonyl (C=O) groups is 1. The molecule has 0 radical (unpaired) electrons. The number of hydrogen-bond acceptors (Lipinski definition) is 3. The quantitative estimate of drug-likeness (QED) is 0.899. The second-order valence-corrected chi connectivity index (χ2v) is 7.61. The monoisotopic (exact) mass is 334 g/mol. The minimum Gasteiger partial charge on any atom is -0.381 e. The number of aromatic nitrogens is 2. The lowest BCUT2D eigenvalue weighted by atomic mass is 9.97. The van der Waals surface area contributed by atoms with Crippen LogP contribution in [0.25, 0.3) is 0 Å². The van der Waals surface area contributed by atoms with Crippen LogP contribution in [0, 0.1) is 18.8 Å². The van der Waals surface area contributed by atoms with E-state index in [1.54, 1.807) is 0 Å². The van der Waals surface area contributed by atoms with Gasteiger partial charge in [-0.15, -0.1) is 0 Å². The lowest BCUT2D eigenvalue weighted by Crippen LogP contribution is -2.55. The Bertz CT molecular complexity index is 557. The molecule has 2 aliphatic heterocycles. The van der Waals surface area contributed by atoms with E-state index in [1.807, 2.05) is 11.1 Å². The first-order valence-electron chi connectivity index (χ1n) is 9.17. The highest BCUT2D eigenvalue weighted by atomic mass is 16.5. The van der Waals surface area contributed by atoms with Gasteiger partial charge in [-0.3, -0.25) is 0 Å². The van der Waals surface area contributed by atoms with Crippen molar-refractivity contribution in [2.24, 2.45) is 11.8 Å².